The molecule has 2 aliphatic heterocycles. The monoisotopic (exact) mass is 725 g/mol. The second-order valence-corrected chi connectivity index (χ2v) is 18.6. The van der Waals surface area contributed by atoms with E-state index in [1.54, 1.807) is 4.90 Å². The number of thioether (sulfide) groups is 1. The molecule has 51 heavy (non-hydrogen) atoms. The van der Waals surface area contributed by atoms with Crippen molar-refractivity contribution < 1.29 is 28.8 Å². The van der Waals surface area contributed by atoms with Crippen LogP contribution in [-0.4, -0.2) is 83.2 Å². The van der Waals surface area contributed by atoms with Crippen molar-refractivity contribution in [2.75, 3.05) is 18.8 Å². The maximum Gasteiger partial charge on any atom is 0.289 e. The Morgan fingerprint density at radius 1 is 1.00 bits per heavy atom. The molecular formula is C39H59N5O6S. The summed E-state index contributed by atoms with van der Waals surface area (Å²) in [7, 11) is 0. The van der Waals surface area contributed by atoms with Gasteiger partial charge in [0, 0.05) is 18.8 Å². The number of amides is 5. The van der Waals surface area contributed by atoms with E-state index < -0.39 is 58.5 Å². The summed E-state index contributed by atoms with van der Waals surface area (Å²) in [5.41, 5.74) is -1.39. The average Bonchev–Trinajstić information content (AvgIpc) is 3.51. The fourth-order valence-electron chi connectivity index (χ4n) is 8.80. The Morgan fingerprint density at radius 3 is 2.25 bits per heavy atom. The van der Waals surface area contributed by atoms with Crippen LogP contribution < -0.4 is 21.3 Å². The third-order valence-corrected chi connectivity index (χ3v) is 13.5. The largest absolute Gasteiger partial charge is 0.346 e. The molecule has 4 N–H and O–H groups in total. The molecule has 1 saturated heterocycles. The number of piperidine rings is 1. The van der Waals surface area contributed by atoms with Crippen molar-refractivity contribution in [3.63, 3.8) is 0 Å². The molecule has 12 heteroatoms. The highest BCUT2D eigenvalue weighted by Crippen LogP contribution is 2.65. The summed E-state index contributed by atoms with van der Waals surface area (Å²) in [5, 5.41) is 11.6. The molecule has 0 aromatic rings. The lowest BCUT2D eigenvalue weighted by molar-refractivity contribution is -0.147. The van der Waals surface area contributed by atoms with E-state index in [9.17, 15) is 28.8 Å². The number of rotatable bonds is 14. The molecule has 1 unspecified atom stereocenters. The van der Waals surface area contributed by atoms with Crippen LogP contribution in [0.2, 0.25) is 0 Å². The second kappa shape index (κ2) is 15.4. The van der Waals surface area contributed by atoms with Gasteiger partial charge < -0.3 is 26.2 Å². The molecule has 2 heterocycles. The Labute approximate surface area is 307 Å². The van der Waals surface area contributed by atoms with Crippen LogP contribution in [0.5, 0.6) is 0 Å². The number of allylic oxidation sites excluding steroid dienone is 1. The third-order valence-electron chi connectivity index (χ3n) is 12.4. The minimum atomic E-state index is -1.00. The first-order valence-electron chi connectivity index (χ1n) is 19.0. The average molecular weight is 726 g/mol. The summed E-state index contributed by atoms with van der Waals surface area (Å²) in [6, 6.07) is -3.67. The lowest BCUT2D eigenvalue weighted by Crippen LogP contribution is -2.64. The Bertz CT molecular complexity index is 1440. The molecule has 0 radical (unpaired) electrons. The minimum Gasteiger partial charge on any atom is -0.346 e. The maximum absolute atomic E-state index is 14.7. The highest BCUT2D eigenvalue weighted by molar-refractivity contribution is 8.04. The van der Waals surface area contributed by atoms with Gasteiger partial charge in [-0.3, -0.25) is 28.8 Å². The van der Waals surface area contributed by atoms with E-state index in [2.05, 4.69) is 48.6 Å². The molecule has 11 nitrogen and oxygen atoms in total. The summed E-state index contributed by atoms with van der Waals surface area (Å²) in [4.78, 5) is 85.0. The van der Waals surface area contributed by atoms with Gasteiger partial charge in [0.2, 0.25) is 23.5 Å². The van der Waals surface area contributed by atoms with Crippen molar-refractivity contribution in [2.24, 2.45) is 34.0 Å². The minimum absolute atomic E-state index is 0.0792. The fraction of sp³-hybridized carbons (Fsp3) is 0.744. The Kier molecular flexibility index (Phi) is 11.8. The molecule has 5 rings (SSSR count). The summed E-state index contributed by atoms with van der Waals surface area (Å²) >= 11 is 1.49. The summed E-state index contributed by atoms with van der Waals surface area (Å²) < 4.78 is 0. The Hall–Kier alpha value is -3.15. The van der Waals surface area contributed by atoms with Crippen molar-refractivity contribution in [2.45, 2.75) is 130 Å². The SMILES string of the molecule is C=CCNC(=O)C(=O)C(CC1CCC1)NC(=O)[C@@H]1[C@@H]2[C@H](CN1C(=O)[C@@H](NC(=O)[C@@H](NC(=O)C1=CCCS1)C1(C)CCCCC1)C(C)(C)C)C2(C)C. The van der Waals surface area contributed by atoms with Crippen molar-refractivity contribution in [3.8, 4) is 0 Å². The molecule has 3 aliphatic carbocycles. The zero-order chi connectivity index (χ0) is 37.3. The molecule has 0 aromatic heterocycles. The van der Waals surface area contributed by atoms with E-state index in [-0.39, 0.29) is 41.5 Å². The number of Topliss-reactive ketones (excluding diaryl/α,β-unsaturated/α-hetero) is 1. The molecule has 5 amide bonds. The van der Waals surface area contributed by atoms with E-state index >= 15 is 0 Å². The number of fused-ring (bicyclic) bond motifs is 1. The van der Waals surface area contributed by atoms with Crippen LogP contribution in [0.3, 0.4) is 0 Å². The first-order chi connectivity index (χ1) is 24.0. The van der Waals surface area contributed by atoms with Gasteiger partial charge in [-0.25, -0.2) is 0 Å². The van der Waals surface area contributed by atoms with Gasteiger partial charge in [-0.05, 0) is 59.7 Å². The lowest BCUT2D eigenvalue weighted by Gasteiger charge is -2.42. The molecule has 0 aromatic carbocycles. The van der Waals surface area contributed by atoms with Crippen molar-refractivity contribution in [1.82, 2.24) is 26.2 Å². The van der Waals surface area contributed by atoms with E-state index in [1.165, 1.54) is 17.8 Å². The Morgan fingerprint density at radius 2 is 1.69 bits per heavy atom. The van der Waals surface area contributed by atoms with E-state index in [0.717, 1.165) is 63.5 Å². The lowest BCUT2D eigenvalue weighted by atomic mass is 9.70. The van der Waals surface area contributed by atoms with Crippen LogP contribution in [0.4, 0.5) is 0 Å². The molecule has 0 spiro atoms. The van der Waals surface area contributed by atoms with E-state index in [0.29, 0.717) is 17.9 Å². The van der Waals surface area contributed by atoms with Crippen LogP contribution >= 0.6 is 11.8 Å². The fourth-order valence-corrected chi connectivity index (χ4v) is 9.68. The number of ketones is 1. The van der Waals surface area contributed by atoms with Gasteiger partial charge in [0.25, 0.3) is 11.8 Å². The van der Waals surface area contributed by atoms with Gasteiger partial charge in [0.05, 0.1) is 10.9 Å². The van der Waals surface area contributed by atoms with E-state index in [1.807, 2.05) is 26.8 Å². The molecule has 282 valence electrons. The highest BCUT2D eigenvalue weighted by atomic mass is 32.2. The number of hydrogen-bond donors (Lipinski definition) is 4. The van der Waals surface area contributed by atoms with Gasteiger partial charge in [-0.1, -0.05) is 92.2 Å². The van der Waals surface area contributed by atoms with Crippen molar-refractivity contribution in [1.29, 1.82) is 0 Å². The normalized spacial score (nSPS) is 26.7. The van der Waals surface area contributed by atoms with Gasteiger partial charge in [-0.2, -0.15) is 0 Å². The van der Waals surface area contributed by atoms with Crippen LogP contribution in [0.1, 0.15) is 106 Å². The van der Waals surface area contributed by atoms with Crippen LogP contribution in [0, 0.1) is 34.0 Å². The number of nitrogens with one attached hydrogen (secondary N) is 4. The summed E-state index contributed by atoms with van der Waals surface area (Å²) in [5.74, 6) is -1.91. The smallest absolute Gasteiger partial charge is 0.289 e. The van der Waals surface area contributed by atoms with Gasteiger partial charge in [0.15, 0.2) is 0 Å². The molecular weight excluding hydrogens is 667 g/mol. The van der Waals surface area contributed by atoms with Crippen molar-refractivity contribution in [3.05, 3.63) is 23.6 Å². The quantitative estimate of drug-likeness (QED) is 0.156. The molecule has 0 bridgehead atoms. The van der Waals surface area contributed by atoms with Crippen LogP contribution in [-0.2, 0) is 28.8 Å². The van der Waals surface area contributed by atoms with Crippen LogP contribution in [0.25, 0.3) is 0 Å². The third kappa shape index (κ3) is 8.41. The zero-order valence-corrected chi connectivity index (χ0v) is 32.2. The summed E-state index contributed by atoms with van der Waals surface area (Å²) in [6.45, 7) is 16.0. The number of hydrogen-bond acceptors (Lipinski definition) is 7. The zero-order valence-electron chi connectivity index (χ0n) is 31.4. The van der Waals surface area contributed by atoms with Crippen molar-refractivity contribution >= 4 is 47.1 Å². The van der Waals surface area contributed by atoms with Crippen LogP contribution in [0.15, 0.2) is 23.6 Å². The number of nitrogens with zero attached hydrogens (tertiary/aromatic N) is 1. The topological polar surface area (TPSA) is 154 Å². The molecule has 3 saturated carbocycles. The van der Waals surface area contributed by atoms with Gasteiger partial charge in [0.1, 0.15) is 18.1 Å². The standard InChI is InChI=1S/C39H59N5O6S/c1-8-19-40-34(48)29(45)25(21-23-14-12-15-23)41-33(47)28-27-24(38(27,5)6)22-44(28)36(50)31(37(2,3)4)43-35(49)30(39(7)17-10-9-11-18-39)42-32(46)26-16-13-20-51-26/h8,16,23-25,27-28,30-31H,1,9-15,17-22H2,2-7H3,(H,40,48)(H,41,47)(H,42,46)(H,43,49)/t24-,25?,27-,28-,30+,31+/m0/s1. The highest BCUT2D eigenvalue weighted by Gasteiger charge is 2.70. The van der Waals surface area contributed by atoms with E-state index in [4.69, 9.17) is 0 Å². The van der Waals surface area contributed by atoms with Gasteiger partial charge in [-0.15, -0.1) is 18.3 Å². The molecule has 6 atom stereocenters. The molecule has 4 fully saturated rings. The second-order valence-electron chi connectivity index (χ2n) is 17.5. The maximum atomic E-state index is 14.7. The van der Waals surface area contributed by atoms with Gasteiger partial charge >= 0.3 is 0 Å². The molecule has 5 aliphatic rings. The first-order valence-corrected chi connectivity index (χ1v) is 20.0. The Balaban J connectivity index is 1.38. The number of carbonyl (C=O) groups excluding carboxylic acids is 6. The first kappa shape index (κ1) is 39.1. The predicted molar refractivity (Wildman–Crippen MR) is 198 cm³/mol. The predicted octanol–water partition coefficient (Wildman–Crippen LogP) is 4.02. The summed E-state index contributed by atoms with van der Waals surface area (Å²) in [6.07, 6.45) is 12.0. The number of likely N-dealkylation sites (tertiary alicyclic amines) is 1. The number of carbonyl (C=O) groups is 6.